The summed E-state index contributed by atoms with van der Waals surface area (Å²) >= 11 is 0. The first-order chi connectivity index (χ1) is 12.2. The summed E-state index contributed by atoms with van der Waals surface area (Å²) in [5.41, 5.74) is 0.820. The number of nitrogens with one attached hydrogen (secondary N) is 1. The monoisotopic (exact) mass is 372 g/mol. The lowest BCUT2D eigenvalue weighted by molar-refractivity contribution is -0.186. The van der Waals surface area contributed by atoms with Gasteiger partial charge in [-0.1, -0.05) is 0 Å². The second-order valence-electron chi connectivity index (χ2n) is 5.85. The number of amides is 2. The number of hydrogen-bond donors (Lipinski definition) is 1. The van der Waals surface area contributed by atoms with E-state index in [1.165, 1.54) is 12.1 Å². The molecule has 0 atom stereocenters. The number of hydrogen-bond acceptors (Lipinski definition) is 4. The van der Waals surface area contributed by atoms with E-state index >= 15 is 0 Å². The molecule has 9 heteroatoms. The van der Waals surface area contributed by atoms with E-state index in [2.05, 4.69) is 5.32 Å². The first-order valence-corrected chi connectivity index (χ1v) is 8.16. The van der Waals surface area contributed by atoms with Crippen LogP contribution in [0.4, 0.5) is 18.9 Å². The highest BCUT2D eigenvalue weighted by Crippen LogP contribution is 2.24. The van der Waals surface area contributed by atoms with Crippen molar-refractivity contribution in [2.75, 3.05) is 25.0 Å². The zero-order chi connectivity index (χ0) is 19.3. The maximum Gasteiger partial charge on any atom is 0.471 e. The van der Waals surface area contributed by atoms with Crippen LogP contribution in [-0.2, 0) is 14.3 Å². The van der Waals surface area contributed by atoms with Gasteiger partial charge in [0.1, 0.15) is 0 Å². The minimum Gasteiger partial charge on any atom is -0.462 e. The Hall–Kier alpha value is -2.58. The molecule has 0 aromatic heterocycles. The van der Waals surface area contributed by atoms with Gasteiger partial charge >= 0.3 is 18.1 Å². The number of anilines is 1. The van der Waals surface area contributed by atoms with Gasteiger partial charge in [0.05, 0.1) is 12.2 Å². The summed E-state index contributed by atoms with van der Waals surface area (Å²) in [7, 11) is 0. The molecule has 1 aromatic rings. The Labute approximate surface area is 148 Å². The average Bonchev–Trinajstić information content (AvgIpc) is 2.61. The van der Waals surface area contributed by atoms with E-state index in [-0.39, 0.29) is 38.4 Å². The number of nitrogens with zero attached hydrogens (tertiary/aromatic N) is 1. The van der Waals surface area contributed by atoms with E-state index in [1.807, 2.05) is 0 Å². The Kier molecular flexibility index (Phi) is 6.23. The molecule has 1 N–H and O–H groups in total. The molecule has 1 aromatic carbocycles. The highest BCUT2D eigenvalue weighted by molar-refractivity contribution is 5.94. The lowest BCUT2D eigenvalue weighted by Crippen LogP contribution is -2.46. The van der Waals surface area contributed by atoms with E-state index in [0.717, 1.165) is 4.90 Å². The molecule has 0 spiro atoms. The Balaban J connectivity index is 1.87. The van der Waals surface area contributed by atoms with Crippen LogP contribution in [-0.4, -0.2) is 48.6 Å². The van der Waals surface area contributed by atoms with Crippen LogP contribution in [0.15, 0.2) is 24.3 Å². The molecule has 6 nitrogen and oxygen atoms in total. The average molecular weight is 372 g/mol. The van der Waals surface area contributed by atoms with Crippen LogP contribution >= 0.6 is 0 Å². The summed E-state index contributed by atoms with van der Waals surface area (Å²) in [5, 5.41) is 2.67. The predicted molar refractivity (Wildman–Crippen MR) is 86.4 cm³/mol. The number of carbonyl (C=O) groups is 3. The van der Waals surface area contributed by atoms with Crippen LogP contribution in [0.5, 0.6) is 0 Å². The van der Waals surface area contributed by atoms with Crippen LogP contribution in [0.2, 0.25) is 0 Å². The van der Waals surface area contributed by atoms with Crippen molar-refractivity contribution in [1.82, 2.24) is 4.90 Å². The smallest absolute Gasteiger partial charge is 0.462 e. The molecule has 0 radical (unpaired) electrons. The number of piperidine rings is 1. The van der Waals surface area contributed by atoms with Gasteiger partial charge in [-0.3, -0.25) is 9.59 Å². The highest BCUT2D eigenvalue weighted by Gasteiger charge is 2.43. The first kappa shape index (κ1) is 19.7. The summed E-state index contributed by atoms with van der Waals surface area (Å²) in [6.45, 7) is 1.73. The third kappa shape index (κ3) is 4.96. The minimum atomic E-state index is -4.89. The molecule has 0 bridgehead atoms. The van der Waals surface area contributed by atoms with E-state index in [9.17, 15) is 27.6 Å². The minimum absolute atomic E-state index is 0.113. The maximum atomic E-state index is 12.4. The molecule has 2 rings (SSSR count). The molecule has 142 valence electrons. The van der Waals surface area contributed by atoms with E-state index in [1.54, 1.807) is 19.1 Å². The summed E-state index contributed by atoms with van der Waals surface area (Å²) in [4.78, 5) is 35.7. The number of alkyl halides is 3. The summed E-state index contributed by atoms with van der Waals surface area (Å²) in [6, 6.07) is 6.12. The summed E-state index contributed by atoms with van der Waals surface area (Å²) < 4.78 is 42.1. The second-order valence-corrected chi connectivity index (χ2v) is 5.85. The molecule has 26 heavy (non-hydrogen) atoms. The number of likely N-dealkylation sites (tertiary alicyclic amines) is 1. The molecule has 1 saturated heterocycles. The van der Waals surface area contributed by atoms with Crippen molar-refractivity contribution in [2.45, 2.75) is 25.9 Å². The number of benzene rings is 1. The molecule has 1 heterocycles. The molecule has 2 amide bonds. The van der Waals surface area contributed by atoms with Crippen LogP contribution in [0.25, 0.3) is 0 Å². The molecular formula is C17H19F3N2O4. The van der Waals surface area contributed by atoms with Gasteiger partial charge in [-0.05, 0) is 44.0 Å². The van der Waals surface area contributed by atoms with E-state index in [4.69, 9.17) is 4.74 Å². The van der Waals surface area contributed by atoms with Crippen LogP contribution in [0.3, 0.4) is 0 Å². The Morgan fingerprint density at radius 2 is 1.73 bits per heavy atom. The maximum absolute atomic E-state index is 12.4. The van der Waals surface area contributed by atoms with Crippen molar-refractivity contribution in [2.24, 2.45) is 5.92 Å². The van der Waals surface area contributed by atoms with E-state index < -0.39 is 24.0 Å². The van der Waals surface area contributed by atoms with Crippen molar-refractivity contribution in [3.63, 3.8) is 0 Å². The normalized spacial score (nSPS) is 15.5. The number of ether oxygens (including phenoxy) is 1. The number of carbonyl (C=O) groups excluding carboxylic acids is 3. The molecule has 1 fully saturated rings. The number of halogens is 3. The van der Waals surface area contributed by atoms with Crippen LogP contribution in [0.1, 0.15) is 30.1 Å². The Morgan fingerprint density at radius 1 is 1.15 bits per heavy atom. The van der Waals surface area contributed by atoms with Crippen molar-refractivity contribution in [3.05, 3.63) is 29.8 Å². The van der Waals surface area contributed by atoms with Gasteiger partial charge in [-0.25, -0.2) is 4.79 Å². The topological polar surface area (TPSA) is 75.7 Å². The van der Waals surface area contributed by atoms with Gasteiger partial charge in [-0.15, -0.1) is 0 Å². The lowest BCUT2D eigenvalue weighted by atomic mass is 9.95. The van der Waals surface area contributed by atoms with Crippen molar-refractivity contribution in [3.8, 4) is 0 Å². The molecule has 0 saturated carbocycles. The van der Waals surface area contributed by atoms with Gasteiger partial charge in [0, 0.05) is 24.7 Å². The summed E-state index contributed by atoms with van der Waals surface area (Å²) in [5.74, 6) is -3.14. The second kappa shape index (κ2) is 8.20. The van der Waals surface area contributed by atoms with Crippen LogP contribution in [0, 0.1) is 5.92 Å². The van der Waals surface area contributed by atoms with Gasteiger partial charge in [0.25, 0.3) is 0 Å². The zero-order valence-corrected chi connectivity index (χ0v) is 14.1. The molecule has 1 aliphatic heterocycles. The quantitative estimate of drug-likeness (QED) is 0.825. The number of esters is 1. The fourth-order valence-corrected chi connectivity index (χ4v) is 2.67. The third-order valence-corrected chi connectivity index (χ3v) is 4.06. The predicted octanol–water partition coefficient (Wildman–Crippen LogP) is 2.60. The summed E-state index contributed by atoms with van der Waals surface area (Å²) in [6.07, 6.45) is -4.57. The van der Waals surface area contributed by atoms with Crippen molar-refractivity contribution >= 4 is 23.5 Å². The fraction of sp³-hybridized carbons (Fsp3) is 0.471. The van der Waals surface area contributed by atoms with Crippen LogP contribution < -0.4 is 5.32 Å². The molecule has 0 unspecified atom stereocenters. The molecular weight excluding hydrogens is 353 g/mol. The Morgan fingerprint density at radius 3 is 2.23 bits per heavy atom. The highest BCUT2D eigenvalue weighted by atomic mass is 19.4. The van der Waals surface area contributed by atoms with Gasteiger partial charge in [0.2, 0.25) is 5.91 Å². The van der Waals surface area contributed by atoms with Crippen molar-refractivity contribution in [1.29, 1.82) is 0 Å². The SMILES string of the molecule is CCOC(=O)c1ccc(NC(=O)C2CCN(C(=O)C(F)(F)F)CC2)cc1. The van der Waals surface area contributed by atoms with Gasteiger partial charge < -0.3 is 15.0 Å². The first-order valence-electron chi connectivity index (χ1n) is 8.16. The lowest BCUT2D eigenvalue weighted by Gasteiger charge is -2.31. The molecule has 0 aliphatic carbocycles. The Bertz CT molecular complexity index is 666. The third-order valence-electron chi connectivity index (χ3n) is 4.06. The molecule has 1 aliphatic rings. The largest absolute Gasteiger partial charge is 0.471 e. The van der Waals surface area contributed by atoms with E-state index in [0.29, 0.717) is 11.3 Å². The van der Waals surface area contributed by atoms with Crippen molar-refractivity contribution < 1.29 is 32.3 Å². The number of rotatable bonds is 4. The fourth-order valence-electron chi connectivity index (χ4n) is 2.67. The van der Waals surface area contributed by atoms with Gasteiger partial charge in [-0.2, -0.15) is 13.2 Å². The zero-order valence-electron chi connectivity index (χ0n) is 14.1. The standard InChI is InChI=1S/C17H19F3N2O4/c1-2-26-15(24)12-3-5-13(6-4-12)21-14(23)11-7-9-22(10-8-11)16(25)17(18,19)20/h3-6,11H,2,7-10H2,1H3,(H,21,23). The van der Waals surface area contributed by atoms with Gasteiger partial charge in [0.15, 0.2) is 0 Å².